The third-order valence-electron chi connectivity index (χ3n) is 4.29. The first-order valence-corrected chi connectivity index (χ1v) is 8.17. The molecule has 2 atom stereocenters. The minimum absolute atomic E-state index is 0.0600. The standard InChI is InChI=1S/C21H22O2/c1-15(2)23-21(22)19-14-13-18(16-9-5-3-6-10-16)20(19)17-11-7-4-8-12-17/h3-12,14-15,18,20H,13H2,1-2H3/t18-,20+/m0/s1. The lowest BCUT2D eigenvalue weighted by Gasteiger charge is -2.24. The maximum absolute atomic E-state index is 12.5. The molecule has 118 valence electrons. The number of rotatable bonds is 4. The van der Waals surface area contributed by atoms with E-state index in [2.05, 4.69) is 42.5 Å². The molecule has 0 spiro atoms. The van der Waals surface area contributed by atoms with Gasteiger partial charge in [0.15, 0.2) is 0 Å². The van der Waals surface area contributed by atoms with Gasteiger partial charge in [0.1, 0.15) is 0 Å². The quantitative estimate of drug-likeness (QED) is 0.756. The summed E-state index contributed by atoms with van der Waals surface area (Å²) >= 11 is 0. The lowest BCUT2D eigenvalue weighted by Crippen LogP contribution is -2.19. The average molecular weight is 306 g/mol. The molecule has 2 heteroatoms. The molecule has 2 nitrogen and oxygen atoms in total. The van der Waals surface area contributed by atoms with E-state index < -0.39 is 0 Å². The molecule has 0 fully saturated rings. The summed E-state index contributed by atoms with van der Waals surface area (Å²) in [4.78, 5) is 12.5. The fraction of sp³-hybridized carbons (Fsp3) is 0.286. The third-order valence-corrected chi connectivity index (χ3v) is 4.29. The maximum atomic E-state index is 12.5. The zero-order valence-electron chi connectivity index (χ0n) is 13.6. The van der Waals surface area contributed by atoms with Crippen LogP contribution in [0.15, 0.2) is 72.3 Å². The average Bonchev–Trinajstić information content (AvgIpc) is 3.01. The van der Waals surface area contributed by atoms with Gasteiger partial charge in [-0.1, -0.05) is 66.7 Å². The van der Waals surface area contributed by atoms with E-state index in [9.17, 15) is 4.79 Å². The molecule has 0 aliphatic heterocycles. The predicted molar refractivity (Wildman–Crippen MR) is 92.3 cm³/mol. The van der Waals surface area contributed by atoms with E-state index in [-0.39, 0.29) is 23.9 Å². The minimum atomic E-state index is -0.188. The predicted octanol–water partition coefficient (Wildman–Crippen LogP) is 4.84. The Morgan fingerprint density at radius 3 is 2.09 bits per heavy atom. The van der Waals surface area contributed by atoms with Crippen LogP contribution in [-0.4, -0.2) is 12.1 Å². The van der Waals surface area contributed by atoms with Crippen molar-refractivity contribution in [3.63, 3.8) is 0 Å². The van der Waals surface area contributed by atoms with Crippen LogP contribution in [-0.2, 0) is 9.53 Å². The summed E-state index contributed by atoms with van der Waals surface area (Å²) in [6.07, 6.45) is 2.82. The SMILES string of the molecule is CC(C)OC(=O)C1=CC[C@@H](c2ccccc2)[C@H]1c1ccccc1. The van der Waals surface area contributed by atoms with Gasteiger partial charge in [0.05, 0.1) is 6.10 Å². The number of carbonyl (C=O) groups excluding carboxylic acids is 1. The highest BCUT2D eigenvalue weighted by Gasteiger charge is 2.36. The summed E-state index contributed by atoms with van der Waals surface area (Å²) in [6, 6.07) is 20.7. The first kappa shape index (κ1) is 15.5. The zero-order valence-corrected chi connectivity index (χ0v) is 13.6. The Kier molecular flexibility index (Phi) is 4.61. The maximum Gasteiger partial charge on any atom is 0.334 e. The van der Waals surface area contributed by atoms with Crippen LogP contribution < -0.4 is 0 Å². The van der Waals surface area contributed by atoms with Gasteiger partial charge in [0.25, 0.3) is 0 Å². The number of allylic oxidation sites excluding steroid dienone is 1. The van der Waals surface area contributed by atoms with Crippen molar-refractivity contribution in [1.29, 1.82) is 0 Å². The Balaban J connectivity index is 1.96. The fourth-order valence-corrected chi connectivity index (χ4v) is 3.33. The van der Waals surface area contributed by atoms with Gasteiger partial charge in [-0.05, 0) is 37.3 Å². The Labute approximate surface area is 137 Å². The molecule has 2 aromatic rings. The fourth-order valence-electron chi connectivity index (χ4n) is 3.33. The van der Waals surface area contributed by atoms with Crippen LogP contribution in [0.1, 0.15) is 43.2 Å². The first-order valence-electron chi connectivity index (χ1n) is 8.17. The topological polar surface area (TPSA) is 26.3 Å². The van der Waals surface area contributed by atoms with Crippen LogP contribution in [0.25, 0.3) is 0 Å². The van der Waals surface area contributed by atoms with Crippen molar-refractivity contribution in [2.75, 3.05) is 0 Å². The number of esters is 1. The van der Waals surface area contributed by atoms with Gasteiger partial charge in [0.2, 0.25) is 0 Å². The molecule has 0 heterocycles. The molecule has 0 saturated carbocycles. The van der Waals surface area contributed by atoms with Crippen molar-refractivity contribution in [3.05, 3.63) is 83.4 Å². The molecule has 0 amide bonds. The Morgan fingerprint density at radius 2 is 1.52 bits per heavy atom. The van der Waals surface area contributed by atoms with Crippen molar-refractivity contribution in [3.8, 4) is 0 Å². The number of ether oxygens (including phenoxy) is 1. The normalized spacial score (nSPS) is 20.4. The van der Waals surface area contributed by atoms with Crippen LogP contribution in [0.5, 0.6) is 0 Å². The third kappa shape index (κ3) is 3.37. The number of carbonyl (C=O) groups is 1. The molecule has 0 N–H and O–H groups in total. The minimum Gasteiger partial charge on any atom is -0.460 e. The van der Waals surface area contributed by atoms with Crippen molar-refractivity contribution in [1.82, 2.24) is 0 Å². The van der Waals surface area contributed by atoms with E-state index in [1.165, 1.54) is 11.1 Å². The van der Waals surface area contributed by atoms with Crippen molar-refractivity contribution in [2.24, 2.45) is 0 Å². The molecule has 1 aliphatic carbocycles. The summed E-state index contributed by atoms with van der Waals surface area (Å²) in [7, 11) is 0. The van der Waals surface area contributed by atoms with Gasteiger partial charge < -0.3 is 4.74 Å². The second-order valence-electron chi connectivity index (χ2n) is 6.25. The van der Waals surface area contributed by atoms with Gasteiger partial charge in [-0.15, -0.1) is 0 Å². The van der Waals surface area contributed by atoms with Gasteiger partial charge in [0, 0.05) is 11.5 Å². The first-order chi connectivity index (χ1) is 11.2. The van der Waals surface area contributed by atoms with E-state index in [1.54, 1.807) is 0 Å². The van der Waals surface area contributed by atoms with E-state index in [4.69, 9.17) is 4.74 Å². The summed E-state index contributed by atoms with van der Waals surface area (Å²) in [5, 5.41) is 0. The second-order valence-corrected chi connectivity index (χ2v) is 6.25. The van der Waals surface area contributed by atoms with Crippen molar-refractivity contribution < 1.29 is 9.53 Å². The largest absolute Gasteiger partial charge is 0.460 e. The molecule has 0 radical (unpaired) electrons. The highest BCUT2D eigenvalue weighted by atomic mass is 16.5. The molecule has 2 aromatic carbocycles. The molecule has 0 saturated heterocycles. The van der Waals surface area contributed by atoms with Gasteiger partial charge in [-0.3, -0.25) is 0 Å². The smallest absolute Gasteiger partial charge is 0.334 e. The number of benzene rings is 2. The highest BCUT2D eigenvalue weighted by Crippen LogP contribution is 2.46. The van der Waals surface area contributed by atoms with Gasteiger partial charge >= 0.3 is 5.97 Å². The molecule has 0 aromatic heterocycles. The van der Waals surface area contributed by atoms with E-state index in [1.807, 2.05) is 38.1 Å². The molecule has 0 bridgehead atoms. The number of hydrogen-bond acceptors (Lipinski definition) is 2. The van der Waals surface area contributed by atoms with E-state index in [0.717, 1.165) is 12.0 Å². The van der Waals surface area contributed by atoms with Crippen molar-refractivity contribution in [2.45, 2.75) is 38.2 Å². The molecule has 23 heavy (non-hydrogen) atoms. The zero-order chi connectivity index (χ0) is 16.2. The highest BCUT2D eigenvalue weighted by molar-refractivity contribution is 5.91. The molecule has 3 rings (SSSR count). The number of hydrogen-bond donors (Lipinski definition) is 0. The molecular weight excluding hydrogens is 284 g/mol. The van der Waals surface area contributed by atoms with Gasteiger partial charge in [-0.2, -0.15) is 0 Å². The van der Waals surface area contributed by atoms with E-state index >= 15 is 0 Å². The lowest BCUT2D eigenvalue weighted by molar-refractivity contribution is -0.142. The van der Waals surface area contributed by atoms with Crippen LogP contribution in [0.4, 0.5) is 0 Å². The van der Waals surface area contributed by atoms with Crippen LogP contribution in [0, 0.1) is 0 Å². The van der Waals surface area contributed by atoms with Crippen LogP contribution in [0.2, 0.25) is 0 Å². The monoisotopic (exact) mass is 306 g/mol. The summed E-state index contributed by atoms with van der Waals surface area (Å²) in [5.74, 6) is 0.158. The molecule has 0 unspecified atom stereocenters. The Bertz CT molecular complexity index is 686. The summed E-state index contributed by atoms with van der Waals surface area (Å²) < 4.78 is 5.46. The Morgan fingerprint density at radius 1 is 0.957 bits per heavy atom. The van der Waals surface area contributed by atoms with Crippen molar-refractivity contribution >= 4 is 5.97 Å². The summed E-state index contributed by atoms with van der Waals surface area (Å²) in [6.45, 7) is 3.78. The van der Waals surface area contributed by atoms with Crippen LogP contribution in [0.3, 0.4) is 0 Å². The summed E-state index contributed by atoms with van der Waals surface area (Å²) in [5.41, 5.74) is 3.23. The second kappa shape index (κ2) is 6.82. The van der Waals surface area contributed by atoms with Gasteiger partial charge in [-0.25, -0.2) is 4.79 Å². The van der Waals surface area contributed by atoms with Crippen LogP contribution >= 0.6 is 0 Å². The molecular formula is C21H22O2. The lowest BCUT2D eigenvalue weighted by atomic mass is 9.80. The Hall–Kier alpha value is -2.35. The molecule has 1 aliphatic rings. The van der Waals surface area contributed by atoms with E-state index in [0.29, 0.717) is 0 Å².